The summed E-state index contributed by atoms with van der Waals surface area (Å²) in [5, 5.41) is 0. The molecule has 2 aromatic carbocycles. The molecule has 1 aliphatic rings. The fraction of sp³-hybridized carbons (Fsp3) is 0.455. The summed E-state index contributed by atoms with van der Waals surface area (Å²) in [6.45, 7) is -0.0237. The minimum atomic E-state index is -3.89. The molecular formula is C22H30N2O8S2. The number of methoxy groups -OCH3 is 4. The lowest BCUT2D eigenvalue weighted by molar-refractivity contribution is 0.350. The van der Waals surface area contributed by atoms with Crippen LogP contribution in [0.1, 0.15) is 12.8 Å². The summed E-state index contributed by atoms with van der Waals surface area (Å²) in [4.78, 5) is 0.0795. The van der Waals surface area contributed by atoms with E-state index in [1.54, 1.807) is 0 Å². The number of ether oxygens (including phenoxy) is 4. The summed E-state index contributed by atoms with van der Waals surface area (Å²) in [7, 11) is -0.568. The monoisotopic (exact) mass is 514 g/mol. The molecule has 0 heterocycles. The van der Waals surface area contributed by atoms with E-state index in [2.05, 4.69) is 0 Å². The third-order valence-electron chi connectivity index (χ3n) is 5.61. The zero-order valence-electron chi connectivity index (χ0n) is 19.8. The van der Waals surface area contributed by atoms with Crippen LogP contribution in [0.5, 0.6) is 23.0 Å². The van der Waals surface area contributed by atoms with Crippen molar-refractivity contribution in [2.45, 2.75) is 28.7 Å². The summed E-state index contributed by atoms with van der Waals surface area (Å²) < 4.78 is 76.3. The van der Waals surface area contributed by atoms with Gasteiger partial charge in [0.05, 0.1) is 38.2 Å². The second-order valence-corrected chi connectivity index (χ2v) is 11.6. The lowest BCUT2D eigenvalue weighted by Crippen LogP contribution is -2.40. The highest BCUT2D eigenvalue weighted by molar-refractivity contribution is 7.89. The van der Waals surface area contributed by atoms with E-state index in [0.717, 1.165) is 17.1 Å². The van der Waals surface area contributed by atoms with Crippen molar-refractivity contribution < 1.29 is 35.8 Å². The van der Waals surface area contributed by atoms with Gasteiger partial charge < -0.3 is 18.9 Å². The van der Waals surface area contributed by atoms with E-state index in [9.17, 15) is 16.8 Å². The van der Waals surface area contributed by atoms with Crippen LogP contribution in [0.3, 0.4) is 0 Å². The van der Waals surface area contributed by atoms with Gasteiger partial charge in [0.25, 0.3) is 0 Å². The molecule has 0 radical (unpaired) electrons. The molecule has 0 aromatic heterocycles. The molecule has 34 heavy (non-hydrogen) atoms. The first-order valence-corrected chi connectivity index (χ1v) is 13.4. The molecule has 3 rings (SSSR count). The van der Waals surface area contributed by atoms with Gasteiger partial charge in [-0.05, 0) is 37.1 Å². The van der Waals surface area contributed by atoms with E-state index >= 15 is 0 Å². The van der Waals surface area contributed by atoms with E-state index < -0.39 is 20.0 Å². The van der Waals surface area contributed by atoms with Crippen LogP contribution in [-0.2, 0) is 20.0 Å². The maximum atomic E-state index is 13.4. The second kappa shape index (κ2) is 10.4. The third-order valence-corrected chi connectivity index (χ3v) is 9.41. The van der Waals surface area contributed by atoms with Crippen LogP contribution in [0.25, 0.3) is 0 Å². The summed E-state index contributed by atoms with van der Waals surface area (Å²) in [6.07, 6.45) is 1.44. The average molecular weight is 515 g/mol. The number of hydrogen-bond acceptors (Lipinski definition) is 8. The number of benzene rings is 2. The molecule has 188 valence electrons. The van der Waals surface area contributed by atoms with Gasteiger partial charge in [-0.3, -0.25) is 0 Å². The highest BCUT2D eigenvalue weighted by Gasteiger charge is 2.39. The van der Waals surface area contributed by atoms with Gasteiger partial charge in [-0.2, -0.15) is 8.61 Å². The predicted octanol–water partition coefficient (Wildman–Crippen LogP) is 2.19. The Hall–Kier alpha value is -2.54. The van der Waals surface area contributed by atoms with Crippen molar-refractivity contribution in [3.63, 3.8) is 0 Å². The van der Waals surface area contributed by atoms with Crippen molar-refractivity contribution in [1.82, 2.24) is 8.61 Å². The zero-order chi connectivity index (χ0) is 25.1. The Bertz CT molecular complexity index is 1230. The third kappa shape index (κ3) is 5.24. The molecule has 0 bridgehead atoms. The van der Waals surface area contributed by atoms with Crippen molar-refractivity contribution in [3.8, 4) is 23.0 Å². The van der Waals surface area contributed by atoms with Crippen LogP contribution < -0.4 is 18.9 Å². The molecule has 12 heteroatoms. The minimum Gasteiger partial charge on any atom is -0.493 e. The molecule has 1 aliphatic carbocycles. The van der Waals surface area contributed by atoms with E-state index in [4.69, 9.17) is 18.9 Å². The number of sulfonamides is 2. The Morgan fingerprint density at radius 2 is 1.15 bits per heavy atom. The van der Waals surface area contributed by atoms with Crippen molar-refractivity contribution in [1.29, 1.82) is 0 Å². The lowest BCUT2D eigenvalue weighted by atomic mass is 10.3. The van der Waals surface area contributed by atoms with Crippen molar-refractivity contribution in [3.05, 3.63) is 36.4 Å². The molecular weight excluding hydrogens is 484 g/mol. The van der Waals surface area contributed by atoms with Crippen molar-refractivity contribution in [2.24, 2.45) is 0 Å². The SMILES string of the molecule is COc1ccc(S(=O)(=O)N(C)CCN(C2CC2)S(=O)(=O)c2ccc(OC)c(OC)c2)cc1OC. The van der Waals surface area contributed by atoms with Gasteiger partial charge in [-0.15, -0.1) is 0 Å². The van der Waals surface area contributed by atoms with Gasteiger partial charge in [0.15, 0.2) is 23.0 Å². The quantitative estimate of drug-likeness (QED) is 0.424. The highest BCUT2D eigenvalue weighted by Crippen LogP contribution is 2.36. The van der Waals surface area contributed by atoms with Crippen molar-refractivity contribution >= 4 is 20.0 Å². The zero-order valence-corrected chi connectivity index (χ0v) is 21.5. The first kappa shape index (κ1) is 26.1. The summed E-state index contributed by atoms with van der Waals surface area (Å²) in [6, 6.07) is 8.54. The molecule has 2 aromatic rings. The summed E-state index contributed by atoms with van der Waals surface area (Å²) in [5.74, 6) is 1.41. The van der Waals surface area contributed by atoms with E-state index in [-0.39, 0.29) is 34.7 Å². The van der Waals surface area contributed by atoms with E-state index in [1.807, 2.05) is 0 Å². The van der Waals surface area contributed by atoms with Gasteiger partial charge in [0.1, 0.15) is 0 Å². The smallest absolute Gasteiger partial charge is 0.243 e. The maximum absolute atomic E-state index is 13.4. The number of nitrogens with zero attached hydrogens (tertiary/aromatic N) is 2. The molecule has 0 N–H and O–H groups in total. The molecule has 0 unspecified atom stereocenters. The largest absolute Gasteiger partial charge is 0.493 e. The van der Waals surface area contributed by atoms with Gasteiger partial charge in [-0.1, -0.05) is 0 Å². The molecule has 0 spiro atoms. The van der Waals surface area contributed by atoms with Crippen LogP contribution in [0.4, 0.5) is 0 Å². The first-order chi connectivity index (χ1) is 16.1. The van der Waals surface area contributed by atoms with Crippen LogP contribution >= 0.6 is 0 Å². The fourth-order valence-corrected chi connectivity index (χ4v) is 6.36. The number of rotatable bonds is 12. The molecule has 0 amide bonds. The van der Waals surface area contributed by atoms with E-state index in [1.165, 1.54) is 76.2 Å². The van der Waals surface area contributed by atoms with Gasteiger partial charge in [-0.25, -0.2) is 16.8 Å². The Morgan fingerprint density at radius 3 is 1.56 bits per heavy atom. The molecule has 0 atom stereocenters. The van der Waals surface area contributed by atoms with Crippen LogP contribution in [0, 0.1) is 0 Å². The average Bonchev–Trinajstić information content (AvgIpc) is 3.67. The van der Waals surface area contributed by atoms with Crippen LogP contribution in [-0.4, -0.2) is 80.1 Å². The molecule has 10 nitrogen and oxygen atoms in total. The second-order valence-electron chi connectivity index (χ2n) is 7.71. The lowest BCUT2D eigenvalue weighted by Gasteiger charge is -2.25. The van der Waals surface area contributed by atoms with Crippen molar-refractivity contribution in [2.75, 3.05) is 48.6 Å². The highest BCUT2D eigenvalue weighted by atomic mass is 32.2. The Labute approximate surface area is 201 Å². The normalized spacial score (nSPS) is 14.3. The molecule has 1 saturated carbocycles. The van der Waals surface area contributed by atoms with Gasteiger partial charge in [0.2, 0.25) is 20.0 Å². The topological polar surface area (TPSA) is 112 Å². The fourth-order valence-electron chi connectivity index (χ4n) is 3.49. The van der Waals surface area contributed by atoms with Crippen LogP contribution in [0.2, 0.25) is 0 Å². The standard InChI is InChI=1S/C22H30N2O8S2/c1-23(33(25,26)17-8-10-19(29-2)21(14-17)31-4)12-13-24(16-6-7-16)34(27,28)18-9-11-20(30-3)22(15-18)32-5/h8-11,14-16H,6-7,12-13H2,1-5H3. The Kier molecular flexibility index (Phi) is 7.96. The molecule has 1 fully saturated rings. The van der Waals surface area contributed by atoms with Gasteiger partial charge >= 0.3 is 0 Å². The summed E-state index contributed by atoms with van der Waals surface area (Å²) in [5.41, 5.74) is 0. The Morgan fingerprint density at radius 1 is 0.706 bits per heavy atom. The number of hydrogen-bond donors (Lipinski definition) is 0. The Balaban J connectivity index is 1.82. The molecule has 0 saturated heterocycles. The van der Waals surface area contributed by atoms with E-state index in [0.29, 0.717) is 17.2 Å². The van der Waals surface area contributed by atoms with Gasteiger partial charge in [0, 0.05) is 38.3 Å². The first-order valence-electron chi connectivity index (χ1n) is 10.5. The predicted molar refractivity (Wildman–Crippen MR) is 126 cm³/mol. The maximum Gasteiger partial charge on any atom is 0.243 e. The summed E-state index contributed by atoms with van der Waals surface area (Å²) >= 11 is 0. The number of likely N-dealkylation sites (N-methyl/N-ethyl adjacent to an activating group) is 1. The minimum absolute atomic E-state index is 0.00433. The van der Waals surface area contributed by atoms with Crippen LogP contribution in [0.15, 0.2) is 46.2 Å². The molecule has 0 aliphatic heterocycles.